The number of piperidine rings is 1. The summed E-state index contributed by atoms with van der Waals surface area (Å²) in [6.07, 6.45) is 7.63. The van der Waals surface area contributed by atoms with Crippen LogP contribution in [0.5, 0.6) is 0 Å². The molecule has 2 aliphatic heterocycles. The fourth-order valence-electron chi connectivity index (χ4n) is 3.43. The second-order valence-electron chi connectivity index (χ2n) is 5.96. The van der Waals surface area contributed by atoms with Crippen molar-refractivity contribution in [1.82, 2.24) is 9.88 Å². The minimum atomic E-state index is -0.0907. The van der Waals surface area contributed by atoms with Crippen LogP contribution in [0.2, 0.25) is 0 Å². The van der Waals surface area contributed by atoms with Crippen LogP contribution in [0.25, 0.3) is 0 Å². The summed E-state index contributed by atoms with van der Waals surface area (Å²) in [6, 6.07) is 1.89. The summed E-state index contributed by atoms with van der Waals surface area (Å²) in [5.74, 6) is 0.0747. The van der Waals surface area contributed by atoms with E-state index >= 15 is 0 Å². The van der Waals surface area contributed by atoms with Gasteiger partial charge in [0, 0.05) is 32.7 Å². The smallest absolute Gasteiger partial charge is 0.255 e. The molecule has 3 heterocycles. The molecule has 114 valence electrons. The van der Waals surface area contributed by atoms with E-state index in [2.05, 4.69) is 4.98 Å². The Balaban J connectivity index is 1.84. The zero-order valence-corrected chi connectivity index (χ0v) is 12.5. The molecule has 0 saturated carbocycles. The highest BCUT2D eigenvalue weighted by Gasteiger charge is 2.44. The van der Waals surface area contributed by atoms with Gasteiger partial charge in [-0.1, -0.05) is 0 Å². The molecular weight excluding hydrogens is 268 g/mol. The Labute approximate surface area is 125 Å². The maximum absolute atomic E-state index is 12.9. The maximum atomic E-state index is 12.9. The summed E-state index contributed by atoms with van der Waals surface area (Å²) in [4.78, 5) is 19.1. The van der Waals surface area contributed by atoms with Crippen molar-refractivity contribution in [2.75, 3.05) is 26.9 Å². The largest absolute Gasteiger partial charge is 0.380 e. The number of likely N-dealkylation sites (tertiary alicyclic amines) is 1. The molecule has 2 fully saturated rings. The normalized spacial score (nSPS) is 25.5. The van der Waals surface area contributed by atoms with E-state index in [1.54, 1.807) is 19.5 Å². The Bertz CT molecular complexity index is 512. The standard InChI is InChI=1S/C16H22N2O3/c1-20-11-13-8-14(10-17-9-13)15(19)18-6-3-2-4-16(18)5-7-21-12-16/h8-10H,2-7,11-12H2,1H3. The summed E-state index contributed by atoms with van der Waals surface area (Å²) in [6.45, 7) is 2.72. The first kappa shape index (κ1) is 14.5. The Morgan fingerprint density at radius 2 is 2.33 bits per heavy atom. The molecule has 1 spiro atoms. The van der Waals surface area contributed by atoms with Gasteiger partial charge in [-0.25, -0.2) is 0 Å². The molecule has 21 heavy (non-hydrogen) atoms. The number of nitrogens with zero attached hydrogens (tertiary/aromatic N) is 2. The molecule has 0 radical (unpaired) electrons. The van der Waals surface area contributed by atoms with E-state index in [9.17, 15) is 4.79 Å². The van der Waals surface area contributed by atoms with Crippen LogP contribution in [0.3, 0.4) is 0 Å². The van der Waals surface area contributed by atoms with Gasteiger partial charge in [-0.2, -0.15) is 0 Å². The molecule has 1 aromatic rings. The number of rotatable bonds is 3. The van der Waals surface area contributed by atoms with Crippen LogP contribution in [0.15, 0.2) is 18.5 Å². The number of hydrogen-bond donors (Lipinski definition) is 0. The zero-order chi connectivity index (χ0) is 14.7. The van der Waals surface area contributed by atoms with Gasteiger partial charge >= 0.3 is 0 Å². The predicted molar refractivity (Wildman–Crippen MR) is 78.0 cm³/mol. The van der Waals surface area contributed by atoms with Gasteiger partial charge in [0.15, 0.2) is 0 Å². The fraction of sp³-hybridized carbons (Fsp3) is 0.625. The number of methoxy groups -OCH3 is 1. The maximum Gasteiger partial charge on any atom is 0.255 e. The molecule has 1 unspecified atom stereocenters. The molecular formula is C16H22N2O3. The summed E-state index contributed by atoms with van der Waals surface area (Å²) in [7, 11) is 1.64. The van der Waals surface area contributed by atoms with Crippen molar-refractivity contribution >= 4 is 5.91 Å². The summed E-state index contributed by atoms with van der Waals surface area (Å²) >= 11 is 0. The van der Waals surface area contributed by atoms with Crippen molar-refractivity contribution in [2.45, 2.75) is 37.8 Å². The highest BCUT2D eigenvalue weighted by molar-refractivity contribution is 5.94. The van der Waals surface area contributed by atoms with Crippen molar-refractivity contribution in [3.8, 4) is 0 Å². The molecule has 0 bridgehead atoms. The lowest BCUT2D eigenvalue weighted by Crippen LogP contribution is -2.55. The molecule has 5 nitrogen and oxygen atoms in total. The van der Waals surface area contributed by atoms with Crippen molar-refractivity contribution in [3.05, 3.63) is 29.6 Å². The fourth-order valence-corrected chi connectivity index (χ4v) is 3.43. The Kier molecular flexibility index (Phi) is 4.22. The van der Waals surface area contributed by atoms with E-state index in [1.165, 1.54) is 6.42 Å². The SMILES string of the molecule is COCc1cncc(C(=O)N2CCCCC23CCOC3)c1. The van der Waals surface area contributed by atoms with Gasteiger partial charge in [0.2, 0.25) is 0 Å². The minimum Gasteiger partial charge on any atom is -0.380 e. The average molecular weight is 290 g/mol. The highest BCUT2D eigenvalue weighted by Crippen LogP contribution is 2.36. The van der Waals surface area contributed by atoms with Crippen molar-refractivity contribution < 1.29 is 14.3 Å². The lowest BCUT2D eigenvalue weighted by atomic mass is 9.85. The first-order valence-electron chi connectivity index (χ1n) is 7.58. The molecule has 1 atom stereocenters. The van der Waals surface area contributed by atoms with Crippen molar-refractivity contribution in [3.63, 3.8) is 0 Å². The molecule has 1 aromatic heterocycles. The summed E-state index contributed by atoms with van der Waals surface area (Å²) in [5.41, 5.74) is 1.49. The van der Waals surface area contributed by atoms with E-state index in [0.717, 1.165) is 38.0 Å². The topological polar surface area (TPSA) is 51.7 Å². The molecule has 2 aliphatic rings. The van der Waals surface area contributed by atoms with E-state index in [4.69, 9.17) is 9.47 Å². The monoisotopic (exact) mass is 290 g/mol. The summed E-state index contributed by atoms with van der Waals surface area (Å²) < 4.78 is 10.7. The first-order chi connectivity index (χ1) is 10.2. The van der Waals surface area contributed by atoms with Gasteiger partial charge in [-0.3, -0.25) is 9.78 Å². The van der Waals surface area contributed by atoms with Gasteiger partial charge in [0.05, 0.1) is 24.3 Å². The van der Waals surface area contributed by atoms with Crippen LogP contribution in [0.4, 0.5) is 0 Å². The van der Waals surface area contributed by atoms with Gasteiger partial charge in [-0.15, -0.1) is 0 Å². The molecule has 1 amide bonds. The van der Waals surface area contributed by atoms with Crippen LogP contribution in [0.1, 0.15) is 41.6 Å². The first-order valence-corrected chi connectivity index (χ1v) is 7.58. The van der Waals surface area contributed by atoms with Crippen molar-refractivity contribution in [2.24, 2.45) is 0 Å². The summed E-state index contributed by atoms with van der Waals surface area (Å²) in [5, 5.41) is 0. The number of pyridine rings is 1. The van der Waals surface area contributed by atoms with E-state index in [0.29, 0.717) is 18.8 Å². The quantitative estimate of drug-likeness (QED) is 0.854. The van der Waals surface area contributed by atoms with Gasteiger partial charge < -0.3 is 14.4 Å². The number of carbonyl (C=O) groups is 1. The molecule has 5 heteroatoms. The molecule has 2 saturated heterocycles. The molecule has 3 rings (SSSR count). The van der Waals surface area contributed by atoms with Crippen LogP contribution in [-0.2, 0) is 16.1 Å². The minimum absolute atomic E-state index is 0.0747. The third kappa shape index (κ3) is 2.80. The second-order valence-corrected chi connectivity index (χ2v) is 5.96. The van der Waals surface area contributed by atoms with Crippen LogP contribution in [-0.4, -0.2) is 48.2 Å². The molecule has 0 N–H and O–H groups in total. The van der Waals surface area contributed by atoms with Gasteiger partial charge in [-0.05, 0) is 37.3 Å². The number of amides is 1. The van der Waals surface area contributed by atoms with Gasteiger partial charge in [0.25, 0.3) is 5.91 Å². The third-order valence-corrected chi connectivity index (χ3v) is 4.53. The van der Waals surface area contributed by atoms with Crippen LogP contribution >= 0.6 is 0 Å². The molecule has 0 aromatic carbocycles. The van der Waals surface area contributed by atoms with Crippen molar-refractivity contribution in [1.29, 1.82) is 0 Å². The van der Waals surface area contributed by atoms with E-state index < -0.39 is 0 Å². The highest BCUT2D eigenvalue weighted by atomic mass is 16.5. The second kappa shape index (κ2) is 6.12. The number of carbonyl (C=O) groups excluding carboxylic acids is 1. The number of aromatic nitrogens is 1. The third-order valence-electron chi connectivity index (χ3n) is 4.53. The average Bonchev–Trinajstić information content (AvgIpc) is 2.97. The lowest BCUT2D eigenvalue weighted by Gasteiger charge is -2.44. The van der Waals surface area contributed by atoms with Crippen LogP contribution in [0, 0.1) is 0 Å². The van der Waals surface area contributed by atoms with Gasteiger partial charge in [0.1, 0.15) is 0 Å². The molecule has 0 aliphatic carbocycles. The number of ether oxygens (including phenoxy) is 2. The number of hydrogen-bond acceptors (Lipinski definition) is 4. The predicted octanol–water partition coefficient (Wildman–Crippen LogP) is 2.01. The van der Waals surface area contributed by atoms with E-state index in [-0.39, 0.29) is 11.4 Å². The Hall–Kier alpha value is -1.46. The lowest BCUT2D eigenvalue weighted by molar-refractivity contribution is 0.0255. The zero-order valence-electron chi connectivity index (χ0n) is 12.5. The Morgan fingerprint density at radius 3 is 3.10 bits per heavy atom. The van der Waals surface area contributed by atoms with Crippen LogP contribution < -0.4 is 0 Å². The van der Waals surface area contributed by atoms with E-state index in [1.807, 2.05) is 11.0 Å². The Morgan fingerprint density at radius 1 is 1.43 bits per heavy atom.